The van der Waals surface area contributed by atoms with Crippen LogP contribution in [0.5, 0.6) is 0 Å². The van der Waals surface area contributed by atoms with Crippen LogP contribution in [0.1, 0.15) is 24.3 Å². The summed E-state index contributed by atoms with van der Waals surface area (Å²) < 4.78 is 0. The molecule has 0 spiro atoms. The van der Waals surface area contributed by atoms with E-state index in [0.717, 1.165) is 16.8 Å². The van der Waals surface area contributed by atoms with E-state index in [4.69, 9.17) is 0 Å². The minimum atomic E-state index is 0.805. The van der Waals surface area contributed by atoms with Crippen LogP contribution in [0.4, 0.5) is 0 Å². The zero-order valence-electron chi connectivity index (χ0n) is 7.27. The summed E-state index contributed by atoms with van der Waals surface area (Å²) in [6.07, 6.45) is 6.16. The molecule has 3 rings (SSSR count). The summed E-state index contributed by atoms with van der Waals surface area (Å²) in [4.78, 5) is 8.23. The number of benzene rings is 1. The zero-order chi connectivity index (χ0) is 8.67. The van der Waals surface area contributed by atoms with Crippen LogP contribution in [0, 0.1) is 0 Å². The van der Waals surface area contributed by atoms with Gasteiger partial charge in [0, 0.05) is 11.6 Å². The molecule has 2 aromatic rings. The van der Waals surface area contributed by atoms with Crippen molar-refractivity contribution in [3.63, 3.8) is 0 Å². The average Bonchev–Trinajstić information content (AvgIpc) is 3.00. The van der Waals surface area contributed by atoms with E-state index in [9.17, 15) is 0 Å². The van der Waals surface area contributed by atoms with Gasteiger partial charge in [-0.15, -0.1) is 0 Å². The summed E-state index contributed by atoms with van der Waals surface area (Å²) in [5, 5.41) is 1.13. The van der Waals surface area contributed by atoms with Crippen LogP contribution in [0.2, 0.25) is 0 Å². The van der Waals surface area contributed by atoms with Gasteiger partial charge in [0.25, 0.3) is 0 Å². The predicted molar refractivity (Wildman–Crippen MR) is 51.5 cm³/mol. The molecule has 0 amide bonds. The second-order valence-electron chi connectivity index (χ2n) is 3.62. The molecule has 1 heterocycles. The van der Waals surface area contributed by atoms with Crippen LogP contribution in [0.25, 0.3) is 10.9 Å². The molecule has 0 radical (unpaired) electrons. The molecule has 1 aromatic heterocycles. The lowest BCUT2D eigenvalue weighted by Crippen LogP contribution is -1.83. The first-order valence-electron chi connectivity index (χ1n) is 4.63. The Morgan fingerprint density at radius 3 is 3.00 bits per heavy atom. The molecule has 0 saturated heterocycles. The fourth-order valence-electron chi connectivity index (χ4n) is 1.66. The number of nitrogens with zero attached hydrogens (tertiary/aromatic N) is 2. The first-order chi connectivity index (χ1) is 6.43. The van der Waals surface area contributed by atoms with Crippen LogP contribution < -0.4 is 0 Å². The Kier molecular flexibility index (Phi) is 1.36. The lowest BCUT2D eigenvalue weighted by atomic mass is 10.1. The second-order valence-corrected chi connectivity index (χ2v) is 3.62. The largest absolute Gasteiger partial charge is 0.244 e. The topological polar surface area (TPSA) is 25.8 Å². The number of hydrogen-bond acceptors (Lipinski definition) is 2. The summed E-state index contributed by atoms with van der Waals surface area (Å²) in [5.41, 5.74) is 2.51. The van der Waals surface area contributed by atoms with E-state index in [1.807, 2.05) is 6.20 Å². The van der Waals surface area contributed by atoms with E-state index >= 15 is 0 Å². The molecule has 0 N–H and O–H groups in total. The van der Waals surface area contributed by atoms with Crippen LogP contribution in [-0.2, 0) is 0 Å². The van der Waals surface area contributed by atoms with Crippen molar-refractivity contribution in [3.05, 3.63) is 36.3 Å². The Hall–Kier alpha value is -1.44. The maximum Gasteiger partial charge on any atom is 0.116 e. The highest BCUT2D eigenvalue weighted by Crippen LogP contribution is 2.40. The molecule has 1 aliphatic carbocycles. The third-order valence-corrected chi connectivity index (χ3v) is 2.58. The Balaban J connectivity index is 2.21. The summed E-state index contributed by atoms with van der Waals surface area (Å²) in [6, 6.07) is 6.50. The molecule has 2 heteroatoms. The van der Waals surface area contributed by atoms with Crippen LogP contribution in [0.3, 0.4) is 0 Å². The van der Waals surface area contributed by atoms with E-state index < -0.39 is 0 Å². The third-order valence-electron chi connectivity index (χ3n) is 2.58. The van der Waals surface area contributed by atoms with Gasteiger partial charge in [0.2, 0.25) is 0 Å². The van der Waals surface area contributed by atoms with Gasteiger partial charge >= 0.3 is 0 Å². The molecule has 0 aliphatic heterocycles. The molecule has 0 atom stereocenters. The molecule has 1 fully saturated rings. The smallest absolute Gasteiger partial charge is 0.116 e. The number of hydrogen-bond donors (Lipinski definition) is 0. The first-order valence-corrected chi connectivity index (χ1v) is 4.63. The lowest BCUT2D eigenvalue weighted by Gasteiger charge is -1.99. The quantitative estimate of drug-likeness (QED) is 0.657. The molecular weight excluding hydrogens is 160 g/mol. The van der Waals surface area contributed by atoms with Crippen LogP contribution in [0.15, 0.2) is 30.7 Å². The molecule has 1 saturated carbocycles. The van der Waals surface area contributed by atoms with Crippen molar-refractivity contribution in [3.8, 4) is 0 Å². The van der Waals surface area contributed by atoms with Crippen molar-refractivity contribution < 1.29 is 0 Å². The summed E-state index contributed by atoms with van der Waals surface area (Å²) >= 11 is 0. The molecule has 13 heavy (non-hydrogen) atoms. The van der Waals surface area contributed by atoms with Gasteiger partial charge in [-0.05, 0) is 30.4 Å². The minimum Gasteiger partial charge on any atom is -0.244 e. The van der Waals surface area contributed by atoms with Crippen molar-refractivity contribution in [1.82, 2.24) is 9.97 Å². The fraction of sp³-hybridized carbons (Fsp3) is 0.273. The van der Waals surface area contributed by atoms with Gasteiger partial charge in [0.1, 0.15) is 6.33 Å². The monoisotopic (exact) mass is 170 g/mol. The number of fused-ring (bicyclic) bond motifs is 1. The highest BCUT2D eigenvalue weighted by molar-refractivity contribution is 5.78. The molecule has 0 unspecified atom stereocenters. The van der Waals surface area contributed by atoms with Crippen molar-refractivity contribution in [2.45, 2.75) is 18.8 Å². The van der Waals surface area contributed by atoms with Crippen molar-refractivity contribution in [2.75, 3.05) is 0 Å². The van der Waals surface area contributed by atoms with Gasteiger partial charge in [-0.3, -0.25) is 0 Å². The Morgan fingerprint density at radius 2 is 2.15 bits per heavy atom. The maximum atomic E-state index is 4.24. The SMILES string of the molecule is c1ncc2ccc(C3CC3)cc2n1. The van der Waals surface area contributed by atoms with E-state index in [1.54, 1.807) is 6.33 Å². The van der Waals surface area contributed by atoms with E-state index in [2.05, 4.69) is 28.2 Å². The van der Waals surface area contributed by atoms with Crippen LogP contribution >= 0.6 is 0 Å². The van der Waals surface area contributed by atoms with E-state index in [0.29, 0.717) is 0 Å². The maximum absolute atomic E-state index is 4.24. The zero-order valence-corrected chi connectivity index (χ0v) is 7.27. The first kappa shape index (κ1) is 7.01. The Bertz CT molecular complexity index is 447. The van der Waals surface area contributed by atoms with Gasteiger partial charge in [0.05, 0.1) is 5.52 Å². The van der Waals surface area contributed by atoms with Crippen LogP contribution in [-0.4, -0.2) is 9.97 Å². The summed E-state index contributed by atoms with van der Waals surface area (Å²) in [7, 11) is 0. The van der Waals surface area contributed by atoms with Gasteiger partial charge in [-0.2, -0.15) is 0 Å². The fourth-order valence-corrected chi connectivity index (χ4v) is 1.66. The molecule has 2 nitrogen and oxygen atoms in total. The van der Waals surface area contributed by atoms with Gasteiger partial charge < -0.3 is 0 Å². The van der Waals surface area contributed by atoms with E-state index in [1.165, 1.54) is 18.4 Å². The molecular formula is C11H10N2. The number of rotatable bonds is 1. The Labute approximate surface area is 76.6 Å². The van der Waals surface area contributed by atoms with E-state index in [-0.39, 0.29) is 0 Å². The highest BCUT2D eigenvalue weighted by atomic mass is 14.8. The molecule has 0 bridgehead atoms. The minimum absolute atomic E-state index is 0.805. The second kappa shape index (κ2) is 2.52. The summed E-state index contributed by atoms with van der Waals surface area (Å²) in [6.45, 7) is 0. The standard InChI is InChI=1S/C11H10N2/c1-2-8(1)9-3-4-10-6-12-7-13-11(10)5-9/h3-8H,1-2H2. The average molecular weight is 170 g/mol. The number of aromatic nitrogens is 2. The third kappa shape index (κ3) is 1.18. The normalized spacial score (nSPS) is 16.3. The molecule has 1 aliphatic rings. The predicted octanol–water partition coefficient (Wildman–Crippen LogP) is 2.51. The van der Waals surface area contributed by atoms with Crippen molar-refractivity contribution in [2.24, 2.45) is 0 Å². The van der Waals surface area contributed by atoms with Gasteiger partial charge in [-0.1, -0.05) is 12.1 Å². The van der Waals surface area contributed by atoms with Crippen molar-refractivity contribution in [1.29, 1.82) is 0 Å². The summed E-state index contributed by atoms with van der Waals surface area (Å²) in [5.74, 6) is 0.805. The Morgan fingerprint density at radius 1 is 1.23 bits per heavy atom. The van der Waals surface area contributed by atoms with Gasteiger partial charge in [0.15, 0.2) is 0 Å². The van der Waals surface area contributed by atoms with Crippen molar-refractivity contribution >= 4 is 10.9 Å². The lowest BCUT2D eigenvalue weighted by molar-refractivity contribution is 1.13. The molecule has 1 aromatic carbocycles. The highest BCUT2D eigenvalue weighted by Gasteiger charge is 2.23. The van der Waals surface area contributed by atoms with Gasteiger partial charge in [-0.25, -0.2) is 9.97 Å². The molecule has 64 valence electrons.